The lowest BCUT2D eigenvalue weighted by molar-refractivity contribution is -0.141. The lowest BCUT2D eigenvalue weighted by Crippen LogP contribution is -2.50. The van der Waals surface area contributed by atoms with E-state index in [0.717, 1.165) is 12.0 Å². The summed E-state index contributed by atoms with van der Waals surface area (Å²) < 4.78 is 19.1. The summed E-state index contributed by atoms with van der Waals surface area (Å²) >= 11 is 0. The van der Waals surface area contributed by atoms with E-state index in [0.29, 0.717) is 19.5 Å². The molecule has 0 radical (unpaired) electrons. The third kappa shape index (κ3) is 6.37. The molecule has 0 saturated carbocycles. The van der Waals surface area contributed by atoms with Gasteiger partial charge < -0.3 is 15.0 Å². The molecule has 2 aromatic rings. The zero-order valence-corrected chi connectivity index (χ0v) is 16.4. The van der Waals surface area contributed by atoms with Crippen LogP contribution in [0.15, 0.2) is 54.6 Å². The summed E-state index contributed by atoms with van der Waals surface area (Å²) in [7, 11) is 0. The second-order valence-electron chi connectivity index (χ2n) is 6.51. The molecule has 0 spiro atoms. The monoisotopic (exact) mass is 386 g/mol. The van der Waals surface area contributed by atoms with E-state index in [4.69, 9.17) is 4.74 Å². The molecular weight excluding hydrogens is 359 g/mol. The lowest BCUT2D eigenvalue weighted by Gasteiger charge is -2.28. The van der Waals surface area contributed by atoms with E-state index in [1.54, 1.807) is 19.1 Å². The maximum atomic E-state index is 13.7. The van der Waals surface area contributed by atoms with Crippen LogP contribution >= 0.6 is 0 Å². The van der Waals surface area contributed by atoms with Gasteiger partial charge in [0.05, 0.1) is 0 Å². The van der Waals surface area contributed by atoms with Gasteiger partial charge in [-0.3, -0.25) is 9.59 Å². The Labute approximate surface area is 165 Å². The normalized spacial score (nSPS) is 11.5. The summed E-state index contributed by atoms with van der Waals surface area (Å²) in [6, 6.07) is 15.0. The van der Waals surface area contributed by atoms with Crippen LogP contribution in [0.3, 0.4) is 0 Å². The van der Waals surface area contributed by atoms with Crippen molar-refractivity contribution in [3.05, 3.63) is 66.0 Å². The molecule has 1 atom stereocenters. The number of carbonyl (C=O) groups excluding carboxylic acids is 2. The Hall–Kier alpha value is -2.89. The molecule has 0 saturated heterocycles. The molecule has 0 aliphatic carbocycles. The smallest absolute Gasteiger partial charge is 0.261 e. The van der Waals surface area contributed by atoms with Crippen molar-refractivity contribution in [1.29, 1.82) is 0 Å². The average molecular weight is 386 g/mol. The molecule has 1 N–H and O–H groups in total. The first kappa shape index (κ1) is 21.4. The first-order valence-corrected chi connectivity index (χ1v) is 9.51. The van der Waals surface area contributed by atoms with E-state index in [-0.39, 0.29) is 24.2 Å². The van der Waals surface area contributed by atoms with Gasteiger partial charge >= 0.3 is 0 Å². The van der Waals surface area contributed by atoms with E-state index in [1.807, 2.05) is 37.3 Å². The van der Waals surface area contributed by atoms with Crippen LogP contribution in [0.1, 0.15) is 25.8 Å². The zero-order valence-electron chi connectivity index (χ0n) is 16.4. The number of carbonyl (C=O) groups is 2. The number of nitrogens with one attached hydrogen (secondary N) is 1. The largest absolute Gasteiger partial charge is 0.481 e. The molecule has 5 nitrogen and oxygen atoms in total. The number of hydrogen-bond donors (Lipinski definition) is 1. The number of amides is 2. The molecule has 2 rings (SSSR count). The molecule has 0 aliphatic heterocycles. The van der Waals surface area contributed by atoms with Gasteiger partial charge in [-0.1, -0.05) is 49.4 Å². The maximum Gasteiger partial charge on any atom is 0.261 e. The topological polar surface area (TPSA) is 58.6 Å². The van der Waals surface area contributed by atoms with E-state index in [9.17, 15) is 14.0 Å². The van der Waals surface area contributed by atoms with Crippen LogP contribution in [0, 0.1) is 5.82 Å². The summed E-state index contributed by atoms with van der Waals surface area (Å²) in [5.41, 5.74) is 1.07. The lowest BCUT2D eigenvalue weighted by atomic mass is 10.1. The Bertz CT molecular complexity index is 767. The maximum absolute atomic E-state index is 13.7. The fourth-order valence-corrected chi connectivity index (χ4v) is 2.75. The van der Waals surface area contributed by atoms with Crippen LogP contribution in [-0.2, 0) is 16.0 Å². The van der Waals surface area contributed by atoms with Crippen LogP contribution in [-0.4, -0.2) is 42.5 Å². The Morgan fingerprint density at radius 1 is 1.11 bits per heavy atom. The molecule has 0 aliphatic rings. The van der Waals surface area contributed by atoms with Gasteiger partial charge in [0.25, 0.3) is 5.91 Å². The first-order valence-electron chi connectivity index (χ1n) is 9.51. The molecule has 2 amide bonds. The Kier molecular flexibility index (Phi) is 8.46. The minimum atomic E-state index is -0.646. The summed E-state index contributed by atoms with van der Waals surface area (Å²) in [6.07, 6.45) is 1.42. The zero-order chi connectivity index (χ0) is 20.4. The highest BCUT2D eigenvalue weighted by atomic mass is 19.1. The number of para-hydroxylation sites is 1. The van der Waals surface area contributed by atoms with E-state index < -0.39 is 11.9 Å². The quantitative estimate of drug-likeness (QED) is 0.682. The number of rotatable bonds is 10. The van der Waals surface area contributed by atoms with Gasteiger partial charge in [0.2, 0.25) is 5.91 Å². The molecule has 0 fully saturated rings. The van der Waals surface area contributed by atoms with Crippen molar-refractivity contribution >= 4 is 11.8 Å². The van der Waals surface area contributed by atoms with Gasteiger partial charge in [0, 0.05) is 13.1 Å². The molecular formula is C22H27FN2O3. The average Bonchev–Trinajstić information content (AvgIpc) is 2.72. The van der Waals surface area contributed by atoms with Crippen LogP contribution in [0.2, 0.25) is 0 Å². The minimum Gasteiger partial charge on any atom is -0.481 e. The fraction of sp³-hybridized carbons (Fsp3) is 0.364. The molecule has 150 valence electrons. The summed E-state index contributed by atoms with van der Waals surface area (Å²) in [5, 5.41) is 2.81. The molecule has 2 aromatic carbocycles. The molecule has 0 heterocycles. The highest BCUT2D eigenvalue weighted by molar-refractivity contribution is 5.87. The first-order chi connectivity index (χ1) is 13.5. The standard InChI is InChI=1S/C22H27FN2O3/c1-3-14-24-22(27)17(2)25(15-13-18-9-5-4-6-10-18)21(26)16-28-20-12-8-7-11-19(20)23/h4-12,17H,3,13-16H2,1-2H3,(H,24,27)/t17-/m0/s1. The Balaban J connectivity index is 2.05. The van der Waals surface area contributed by atoms with Crippen molar-refractivity contribution in [2.45, 2.75) is 32.7 Å². The van der Waals surface area contributed by atoms with Crippen molar-refractivity contribution in [1.82, 2.24) is 10.2 Å². The van der Waals surface area contributed by atoms with Gasteiger partial charge in [0.1, 0.15) is 6.04 Å². The fourth-order valence-electron chi connectivity index (χ4n) is 2.75. The summed E-state index contributed by atoms with van der Waals surface area (Å²) in [6.45, 7) is 4.24. The van der Waals surface area contributed by atoms with Crippen LogP contribution in [0.5, 0.6) is 5.75 Å². The molecule has 0 unspecified atom stereocenters. The number of hydrogen-bond acceptors (Lipinski definition) is 3. The van der Waals surface area contributed by atoms with Crippen LogP contribution in [0.25, 0.3) is 0 Å². The van der Waals surface area contributed by atoms with E-state index in [1.165, 1.54) is 17.0 Å². The van der Waals surface area contributed by atoms with Crippen molar-refractivity contribution in [3.8, 4) is 5.75 Å². The van der Waals surface area contributed by atoms with Gasteiger partial charge in [-0.05, 0) is 37.5 Å². The number of halogens is 1. The minimum absolute atomic E-state index is 0.0157. The van der Waals surface area contributed by atoms with Gasteiger partial charge in [-0.25, -0.2) is 4.39 Å². The molecule has 28 heavy (non-hydrogen) atoms. The second kappa shape index (κ2) is 11.1. The SMILES string of the molecule is CCCNC(=O)[C@H](C)N(CCc1ccccc1)C(=O)COc1ccccc1F. The second-order valence-corrected chi connectivity index (χ2v) is 6.51. The Morgan fingerprint density at radius 2 is 1.79 bits per heavy atom. The van der Waals surface area contributed by atoms with Gasteiger partial charge in [-0.15, -0.1) is 0 Å². The number of nitrogens with zero attached hydrogens (tertiary/aromatic N) is 1. The summed E-state index contributed by atoms with van der Waals surface area (Å²) in [5.74, 6) is -1.09. The third-order valence-electron chi connectivity index (χ3n) is 4.39. The number of ether oxygens (including phenoxy) is 1. The van der Waals surface area contributed by atoms with E-state index in [2.05, 4.69) is 5.32 Å². The summed E-state index contributed by atoms with van der Waals surface area (Å²) in [4.78, 5) is 26.6. The third-order valence-corrected chi connectivity index (χ3v) is 4.39. The highest BCUT2D eigenvalue weighted by Crippen LogP contribution is 2.16. The highest BCUT2D eigenvalue weighted by Gasteiger charge is 2.26. The van der Waals surface area contributed by atoms with Crippen LogP contribution < -0.4 is 10.1 Å². The van der Waals surface area contributed by atoms with Crippen LogP contribution in [0.4, 0.5) is 4.39 Å². The molecule has 0 aromatic heterocycles. The number of benzene rings is 2. The molecule has 0 bridgehead atoms. The van der Waals surface area contributed by atoms with Crippen molar-refractivity contribution in [3.63, 3.8) is 0 Å². The van der Waals surface area contributed by atoms with Crippen molar-refractivity contribution < 1.29 is 18.7 Å². The van der Waals surface area contributed by atoms with Crippen molar-refractivity contribution in [2.24, 2.45) is 0 Å². The van der Waals surface area contributed by atoms with Gasteiger partial charge in [-0.2, -0.15) is 0 Å². The molecule has 6 heteroatoms. The van der Waals surface area contributed by atoms with Gasteiger partial charge in [0.15, 0.2) is 18.2 Å². The van der Waals surface area contributed by atoms with E-state index >= 15 is 0 Å². The Morgan fingerprint density at radius 3 is 2.46 bits per heavy atom. The predicted molar refractivity (Wildman–Crippen MR) is 107 cm³/mol. The predicted octanol–water partition coefficient (Wildman–Crippen LogP) is 3.19. The van der Waals surface area contributed by atoms with Crippen molar-refractivity contribution in [2.75, 3.05) is 19.7 Å².